The van der Waals surface area contributed by atoms with Crippen molar-refractivity contribution in [1.82, 2.24) is 16.0 Å². The Morgan fingerprint density at radius 2 is 1.46 bits per heavy atom. The highest BCUT2D eigenvalue weighted by Gasteiger charge is 2.12. The topological polar surface area (TPSA) is 62.1 Å². The van der Waals surface area contributed by atoms with Crippen LogP contribution in [0.5, 0.6) is 0 Å². The van der Waals surface area contributed by atoms with Gasteiger partial charge in [0.25, 0.3) is 0 Å². The van der Waals surface area contributed by atoms with E-state index in [-0.39, 0.29) is 0 Å². The van der Waals surface area contributed by atoms with Crippen molar-refractivity contribution in [2.45, 2.75) is 44.2 Å². The number of hydrogen-bond acceptors (Lipinski definition) is 4. The largest absolute Gasteiger partial charge is 0.329 e. The maximum atomic E-state index is 6.00. The first-order valence-corrected chi connectivity index (χ1v) is 10.7. The zero-order valence-corrected chi connectivity index (χ0v) is 17.4. The zero-order valence-electron chi connectivity index (χ0n) is 17.4. The van der Waals surface area contributed by atoms with E-state index in [0.29, 0.717) is 18.6 Å². The van der Waals surface area contributed by atoms with E-state index >= 15 is 0 Å². The monoisotopic (exact) mass is 382 g/mol. The number of unbranched alkanes of at least 4 members (excludes halogenated alkanes) is 1. The molecule has 0 amide bonds. The first-order valence-electron chi connectivity index (χ1n) is 10.7. The van der Waals surface area contributed by atoms with Gasteiger partial charge in [0, 0.05) is 25.2 Å². The van der Waals surface area contributed by atoms with Gasteiger partial charge in [-0.05, 0) is 56.9 Å². The second-order valence-corrected chi connectivity index (χ2v) is 7.52. The lowest BCUT2D eigenvalue weighted by Crippen LogP contribution is -2.46. The van der Waals surface area contributed by atoms with Gasteiger partial charge in [0.05, 0.1) is 0 Å². The Balaban J connectivity index is 1.82. The molecule has 2 rings (SSSR count). The summed E-state index contributed by atoms with van der Waals surface area (Å²) in [5, 5.41) is 10.7. The molecule has 154 valence electrons. The second kappa shape index (κ2) is 14.3. The van der Waals surface area contributed by atoms with Gasteiger partial charge in [0.2, 0.25) is 0 Å². The third-order valence-electron chi connectivity index (χ3n) is 5.18. The van der Waals surface area contributed by atoms with Crippen LogP contribution in [0.4, 0.5) is 0 Å². The fourth-order valence-corrected chi connectivity index (χ4v) is 3.49. The van der Waals surface area contributed by atoms with E-state index in [1.54, 1.807) is 0 Å². The van der Waals surface area contributed by atoms with Gasteiger partial charge < -0.3 is 21.7 Å². The van der Waals surface area contributed by atoms with E-state index in [1.165, 1.54) is 24.0 Å². The smallest absolute Gasteiger partial charge is 0.0233 e. The zero-order chi connectivity index (χ0) is 19.9. The quantitative estimate of drug-likeness (QED) is 0.358. The van der Waals surface area contributed by atoms with Crippen LogP contribution in [-0.4, -0.2) is 45.3 Å². The van der Waals surface area contributed by atoms with Crippen LogP contribution < -0.4 is 21.7 Å². The van der Waals surface area contributed by atoms with Crippen molar-refractivity contribution in [3.05, 3.63) is 71.8 Å². The maximum Gasteiger partial charge on any atom is 0.0233 e. The summed E-state index contributed by atoms with van der Waals surface area (Å²) in [5.74, 6) is 0. The molecular weight excluding hydrogens is 344 g/mol. The number of nitrogens with two attached hydrogens (primary N) is 1. The SMILES string of the molecule is CNCCCCC(CN)NC[C@H](Cc1ccccc1)NCCc1ccccc1. The van der Waals surface area contributed by atoms with Crippen molar-refractivity contribution >= 4 is 0 Å². The maximum absolute atomic E-state index is 6.00. The molecule has 0 aromatic heterocycles. The number of hydrogen-bond donors (Lipinski definition) is 4. The molecule has 0 saturated carbocycles. The summed E-state index contributed by atoms with van der Waals surface area (Å²) in [4.78, 5) is 0. The molecule has 0 aliphatic rings. The Bertz CT molecular complexity index is 603. The fraction of sp³-hybridized carbons (Fsp3) is 0.500. The normalized spacial score (nSPS) is 13.4. The molecule has 0 aliphatic carbocycles. The summed E-state index contributed by atoms with van der Waals surface area (Å²) >= 11 is 0. The average molecular weight is 383 g/mol. The van der Waals surface area contributed by atoms with Gasteiger partial charge >= 0.3 is 0 Å². The molecule has 1 unspecified atom stereocenters. The Kier molecular flexibility index (Phi) is 11.5. The Hall–Kier alpha value is -1.72. The molecule has 2 aromatic carbocycles. The van der Waals surface area contributed by atoms with Crippen LogP contribution in [0.25, 0.3) is 0 Å². The molecule has 2 aromatic rings. The van der Waals surface area contributed by atoms with Crippen LogP contribution in [0.15, 0.2) is 60.7 Å². The predicted octanol–water partition coefficient (Wildman–Crippen LogP) is 2.74. The molecule has 0 fully saturated rings. The summed E-state index contributed by atoms with van der Waals surface area (Å²) in [6.07, 6.45) is 5.63. The molecule has 0 spiro atoms. The van der Waals surface area contributed by atoms with E-state index in [4.69, 9.17) is 5.73 Å². The van der Waals surface area contributed by atoms with Gasteiger partial charge in [0.15, 0.2) is 0 Å². The molecule has 4 heteroatoms. The molecule has 0 saturated heterocycles. The molecule has 0 radical (unpaired) electrons. The Morgan fingerprint density at radius 1 is 0.786 bits per heavy atom. The van der Waals surface area contributed by atoms with E-state index in [2.05, 4.69) is 76.6 Å². The second-order valence-electron chi connectivity index (χ2n) is 7.52. The summed E-state index contributed by atoms with van der Waals surface area (Å²) in [7, 11) is 2.01. The highest BCUT2D eigenvalue weighted by Crippen LogP contribution is 2.05. The highest BCUT2D eigenvalue weighted by molar-refractivity contribution is 5.17. The van der Waals surface area contributed by atoms with Crippen LogP contribution in [0.3, 0.4) is 0 Å². The molecule has 0 aliphatic heterocycles. The Labute approximate surface area is 171 Å². The van der Waals surface area contributed by atoms with E-state index in [9.17, 15) is 0 Å². The van der Waals surface area contributed by atoms with Crippen molar-refractivity contribution in [3.63, 3.8) is 0 Å². The lowest BCUT2D eigenvalue weighted by Gasteiger charge is -2.24. The van der Waals surface area contributed by atoms with Crippen molar-refractivity contribution in [2.75, 3.05) is 33.2 Å². The fourth-order valence-electron chi connectivity index (χ4n) is 3.49. The molecule has 4 nitrogen and oxygen atoms in total. The summed E-state index contributed by atoms with van der Waals surface area (Å²) in [6, 6.07) is 22.2. The van der Waals surface area contributed by atoms with E-state index in [1.807, 2.05) is 7.05 Å². The van der Waals surface area contributed by atoms with Crippen LogP contribution in [-0.2, 0) is 12.8 Å². The van der Waals surface area contributed by atoms with Gasteiger partial charge in [-0.2, -0.15) is 0 Å². The number of benzene rings is 2. The van der Waals surface area contributed by atoms with E-state index in [0.717, 1.165) is 38.9 Å². The van der Waals surface area contributed by atoms with Crippen LogP contribution in [0.2, 0.25) is 0 Å². The van der Waals surface area contributed by atoms with Gasteiger partial charge in [-0.25, -0.2) is 0 Å². The average Bonchev–Trinajstić information content (AvgIpc) is 2.74. The van der Waals surface area contributed by atoms with Crippen LogP contribution >= 0.6 is 0 Å². The van der Waals surface area contributed by atoms with Crippen molar-refractivity contribution in [1.29, 1.82) is 0 Å². The first-order chi connectivity index (χ1) is 13.8. The first kappa shape index (κ1) is 22.6. The predicted molar refractivity (Wildman–Crippen MR) is 121 cm³/mol. The highest BCUT2D eigenvalue weighted by atomic mass is 15.0. The summed E-state index contributed by atoms with van der Waals surface area (Å²) in [6.45, 7) is 3.70. The number of nitrogens with one attached hydrogen (secondary N) is 3. The van der Waals surface area contributed by atoms with Crippen molar-refractivity contribution < 1.29 is 0 Å². The van der Waals surface area contributed by atoms with Gasteiger partial charge in [-0.3, -0.25) is 0 Å². The minimum Gasteiger partial charge on any atom is -0.329 e. The van der Waals surface area contributed by atoms with E-state index < -0.39 is 0 Å². The summed E-state index contributed by atoms with van der Waals surface area (Å²) < 4.78 is 0. The van der Waals surface area contributed by atoms with Gasteiger partial charge in [-0.15, -0.1) is 0 Å². The molecule has 5 N–H and O–H groups in total. The van der Waals surface area contributed by atoms with Crippen LogP contribution in [0, 0.1) is 0 Å². The molecule has 0 bridgehead atoms. The Morgan fingerprint density at radius 3 is 2.11 bits per heavy atom. The minimum atomic E-state index is 0.394. The third-order valence-corrected chi connectivity index (χ3v) is 5.18. The lowest BCUT2D eigenvalue weighted by molar-refractivity contribution is 0.409. The van der Waals surface area contributed by atoms with Crippen molar-refractivity contribution in [2.24, 2.45) is 5.73 Å². The third kappa shape index (κ3) is 9.47. The molecule has 0 heterocycles. The summed E-state index contributed by atoms with van der Waals surface area (Å²) in [5.41, 5.74) is 8.76. The molecule has 2 atom stereocenters. The van der Waals surface area contributed by atoms with Crippen molar-refractivity contribution in [3.8, 4) is 0 Å². The lowest BCUT2D eigenvalue weighted by atomic mass is 10.0. The number of rotatable bonds is 15. The van der Waals surface area contributed by atoms with Gasteiger partial charge in [-0.1, -0.05) is 67.1 Å². The minimum absolute atomic E-state index is 0.394. The molecule has 28 heavy (non-hydrogen) atoms. The van der Waals surface area contributed by atoms with Gasteiger partial charge in [0.1, 0.15) is 0 Å². The van der Waals surface area contributed by atoms with Crippen LogP contribution in [0.1, 0.15) is 30.4 Å². The standard InChI is InChI=1S/C24H38N4/c1-26-16-9-8-14-23(19-25)28-20-24(18-22-12-6-3-7-13-22)27-17-15-21-10-4-2-5-11-21/h2-7,10-13,23-24,26-28H,8-9,14-20,25H2,1H3/t23?,24-/m0/s1. The molecular formula is C24H38N4.